The maximum atomic E-state index is 11.7. The molecule has 1 fully saturated rings. The second-order valence-corrected chi connectivity index (χ2v) is 4.29. The molecule has 2 amide bonds. The Kier molecular flexibility index (Phi) is 5.46. The number of carboxylic acid groups (broad SMARTS) is 1. The summed E-state index contributed by atoms with van der Waals surface area (Å²) < 4.78 is 0. The van der Waals surface area contributed by atoms with Crippen LogP contribution in [-0.2, 0) is 4.79 Å². The number of carbonyl (C=O) groups excluding carboxylic acids is 1. The van der Waals surface area contributed by atoms with Crippen LogP contribution in [0.3, 0.4) is 0 Å². The molecule has 0 bridgehead atoms. The van der Waals surface area contributed by atoms with Crippen molar-refractivity contribution in [3.8, 4) is 12.3 Å². The average Bonchev–Trinajstić information content (AvgIpc) is 2.71. The van der Waals surface area contributed by atoms with E-state index in [1.165, 1.54) is 0 Å². The number of carboxylic acids is 1. The van der Waals surface area contributed by atoms with Crippen LogP contribution in [0.4, 0.5) is 4.79 Å². The second-order valence-electron chi connectivity index (χ2n) is 4.29. The van der Waals surface area contributed by atoms with Gasteiger partial charge in [-0.15, -0.1) is 12.3 Å². The smallest absolute Gasteiger partial charge is 0.326 e. The third kappa shape index (κ3) is 3.93. The number of likely N-dealkylation sites (tertiary alicyclic amines) is 1. The maximum absolute atomic E-state index is 11.7. The van der Waals surface area contributed by atoms with Gasteiger partial charge in [-0.2, -0.15) is 0 Å². The molecule has 6 nitrogen and oxygen atoms in total. The number of terminal acetylenes is 1. The zero-order valence-corrected chi connectivity index (χ0v) is 10.1. The van der Waals surface area contributed by atoms with Crippen molar-refractivity contribution < 1.29 is 19.8 Å². The average molecular weight is 254 g/mol. The number of aliphatic carboxylic acids is 1. The zero-order valence-electron chi connectivity index (χ0n) is 10.1. The second kappa shape index (κ2) is 6.87. The van der Waals surface area contributed by atoms with Crippen LogP contribution < -0.4 is 5.32 Å². The molecule has 1 aliphatic rings. The van der Waals surface area contributed by atoms with E-state index in [0.29, 0.717) is 13.0 Å². The SMILES string of the molecule is C#CCCCCNC(=O)N1C[C@H](O)C[C@H]1C(=O)O. The van der Waals surface area contributed by atoms with Gasteiger partial charge in [-0.25, -0.2) is 9.59 Å². The number of hydrogen-bond acceptors (Lipinski definition) is 3. The van der Waals surface area contributed by atoms with Crippen LogP contribution in [0, 0.1) is 12.3 Å². The molecule has 0 aromatic carbocycles. The number of hydrogen-bond donors (Lipinski definition) is 3. The molecule has 3 N–H and O–H groups in total. The normalized spacial score (nSPS) is 22.6. The molecule has 0 aliphatic carbocycles. The van der Waals surface area contributed by atoms with Crippen LogP contribution in [0.15, 0.2) is 0 Å². The fourth-order valence-electron chi connectivity index (χ4n) is 1.92. The molecule has 1 rings (SSSR count). The van der Waals surface area contributed by atoms with Crippen molar-refractivity contribution >= 4 is 12.0 Å². The minimum atomic E-state index is -1.09. The quantitative estimate of drug-likeness (QED) is 0.476. The van der Waals surface area contributed by atoms with E-state index in [1.807, 2.05) is 0 Å². The topological polar surface area (TPSA) is 89.9 Å². The van der Waals surface area contributed by atoms with E-state index >= 15 is 0 Å². The minimum Gasteiger partial charge on any atom is -0.480 e. The lowest BCUT2D eigenvalue weighted by molar-refractivity contribution is -0.141. The van der Waals surface area contributed by atoms with E-state index in [2.05, 4.69) is 11.2 Å². The molecule has 6 heteroatoms. The van der Waals surface area contributed by atoms with E-state index in [0.717, 1.165) is 17.7 Å². The summed E-state index contributed by atoms with van der Waals surface area (Å²) in [6, 6.07) is -1.38. The van der Waals surface area contributed by atoms with Gasteiger partial charge in [0.25, 0.3) is 0 Å². The molecule has 2 atom stereocenters. The van der Waals surface area contributed by atoms with Crippen molar-refractivity contribution in [2.45, 2.75) is 37.8 Å². The largest absolute Gasteiger partial charge is 0.480 e. The Bertz CT molecular complexity index is 350. The molecule has 1 saturated heterocycles. The van der Waals surface area contributed by atoms with Crippen LogP contribution in [-0.4, -0.2) is 52.3 Å². The van der Waals surface area contributed by atoms with Gasteiger partial charge in [0, 0.05) is 25.9 Å². The maximum Gasteiger partial charge on any atom is 0.326 e. The Labute approximate surface area is 106 Å². The minimum absolute atomic E-state index is 0.0627. The van der Waals surface area contributed by atoms with Crippen LogP contribution in [0.25, 0.3) is 0 Å². The van der Waals surface area contributed by atoms with E-state index in [1.54, 1.807) is 0 Å². The molecular weight excluding hydrogens is 236 g/mol. The van der Waals surface area contributed by atoms with Crippen molar-refractivity contribution in [2.24, 2.45) is 0 Å². The van der Waals surface area contributed by atoms with Crippen LogP contribution in [0.2, 0.25) is 0 Å². The van der Waals surface area contributed by atoms with Gasteiger partial charge in [0.05, 0.1) is 6.10 Å². The van der Waals surface area contributed by atoms with E-state index in [4.69, 9.17) is 11.5 Å². The van der Waals surface area contributed by atoms with Crippen LogP contribution in [0.5, 0.6) is 0 Å². The summed E-state index contributed by atoms with van der Waals surface area (Å²) in [7, 11) is 0. The summed E-state index contributed by atoms with van der Waals surface area (Å²) in [5.74, 6) is 1.42. The Morgan fingerprint density at radius 3 is 2.78 bits per heavy atom. The summed E-state index contributed by atoms with van der Waals surface area (Å²) >= 11 is 0. The first kappa shape index (κ1) is 14.3. The van der Waals surface area contributed by atoms with Crippen LogP contribution >= 0.6 is 0 Å². The Morgan fingerprint density at radius 1 is 1.44 bits per heavy atom. The zero-order chi connectivity index (χ0) is 13.5. The fourth-order valence-corrected chi connectivity index (χ4v) is 1.92. The van der Waals surface area contributed by atoms with Crippen molar-refractivity contribution in [3.05, 3.63) is 0 Å². The van der Waals surface area contributed by atoms with Crippen molar-refractivity contribution in [3.63, 3.8) is 0 Å². The number of urea groups is 1. The van der Waals surface area contributed by atoms with Crippen molar-refractivity contribution in [2.75, 3.05) is 13.1 Å². The number of rotatable bonds is 5. The van der Waals surface area contributed by atoms with Crippen molar-refractivity contribution in [1.82, 2.24) is 10.2 Å². The van der Waals surface area contributed by atoms with Crippen LogP contribution in [0.1, 0.15) is 25.7 Å². The highest BCUT2D eigenvalue weighted by atomic mass is 16.4. The number of amides is 2. The first-order chi connectivity index (χ1) is 8.56. The monoisotopic (exact) mass is 254 g/mol. The Hall–Kier alpha value is -1.74. The number of aliphatic hydroxyl groups excluding tert-OH is 1. The van der Waals surface area contributed by atoms with Crippen molar-refractivity contribution in [1.29, 1.82) is 0 Å². The molecule has 100 valence electrons. The third-order valence-electron chi connectivity index (χ3n) is 2.85. The first-order valence-electron chi connectivity index (χ1n) is 5.95. The summed E-state index contributed by atoms with van der Waals surface area (Å²) in [5, 5.41) is 21.0. The predicted molar refractivity (Wildman–Crippen MR) is 64.8 cm³/mol. The number of carbonyl (C=O) groups is 2. The fraction of sp³-hybridized carbons (Fsp3) is 0.667. The number of aliphatic hydroxyl groups is 1. The summed E-state index contributed by atoms with van der Waals surface area (Å²) in [6.45, 7) is 0.520. The third-order valence-corrected chi connectivity index (χ3v) is 2.85. The summed E-state index contributed by atoms with van der Waals surface area (Å²) in [6.07, 6.45) is 6.65. The molecule has 0 aromatic heterocycles. The van der Waals surface area contributed by atoms with Gasteiger partial charge in [-0.3, -0.25) is 0 Å². The molecule has 1 heterocycles. The molecule has 0 spiro atoms. The molecule has 0 saturated carbocycles. The standard InChI is InChI=1S/C12H18N2O4/c1-2-3-4-5-6-13-12(18)14-8-9(15)7-10(14)11(16)17/h1,9-10,15H,3-8H2,(H,13,18)(H,16,17)/t9-,10+/m1/s1. The molecule has 0 aromatic rings. The molecule has 1 aliphatic heterocycles. The number of nitrogens with one attached hydrogen (secondary N) is 1. The highest BCUT2D eigenvalue weighted by molar-refractivity contribution is 5.83. The first-order valence-corrected chi connectivity index (χ1v) is 5.95. The van der Waals surface area contributed by atoms with Gasteiger partial charge < -0.3 is 20.4 Å². The van der Waals surface area contributed by atoms with Gasteiger partial charge in [-0.1, -0.05) is 0 Å². The lowest BCUT2D eigenvalue weighted by atomic mass is 10.2. The molecule has 18 heavy (non-hydrogen) atoms. The lowest BCUT2D eigenvalue weighted by Gasteiger charge is -2.21. The number of unbranched alkanes of at least 4 members (excludes halogenated alkanes) is 2. The van der Waals surface area contributed by atoms with E-state index < -0.39 is 24.1 Å². The number of nitrogens with zero attached hydrogens (tertiary/aromatic N) is 1. The summed E-state index contributed by atoms with van der Waals surface area (Å²) in [5.41, 5.74) is 0. The predicted octanol–water partition coefficient (Wildman–Crippen LogP) is 0.0193. The van der Waals surface area contributed by atoms with E-state index in [9.17, 15) is 14.7 Å². The van der Waals surface area contributed by atoms with Gasteiger partial charge in [-0.05, 0) is 12.8 Å². The summed E-state index contributed by atoms with van der Waals surface area (Å²) in [4.78, 5) is 23.8. The van der Waals surface area contributed by atoms with Gasteiger partial charge in [0.1, 0.15) is 6.04 Å². The molecular formula is C12H18N2O4. The molecule has 0 unspecified atom stereocenters. The van der Waals surface area contributed by atoms with Gasteiger partial charge >= 0.3 is 12.0 Å². The number of β-amino-alcohol motifs (C(OH)–C–C–N with tert-alkyl or cyclic N) is 1. The van der Waals surface area contributed by atoms with Gasteiger partial charge in [0.15, 0.2) is 0 Å². The Morgan fingerprint density at radius 2 is 2.17 bits per heavy atom. The van der Waals surface area contributed by atoms with E-state index in [-0.39, 0.29) is 13.0 Å². The lowest BCUT2D eigenvalue weighted by Crippen LogP contribution is -2.46. The highest BCUT2D eigenvalue weighted by Gasteiger charge is 2.38. The highest BCUT2D eigenvalue weighted by Crippen LogP contribution is 2.17. The Balaban J connectivity index is 2.36. The van der Waals surface area contributed by atoms with Gasteiger partial charge in [0.2, 0.25) is 0 Å². The molecule has 0 radical (unpaired) electrons.